The Labute approximate surface area is 106 Å². The van der Waals surface area contributed by atoms with Gasteiger partial charge in [-0.2, -0.15) is 0 Å². The van der Waals surface area contributed by atoms with Crippen molar-refractivity contribution in [3.05, 3.63) is 47.7 Å². The number of carboxylic acids is 1. The number of rotatable bonds is 3. The number of carboxylic acid groups (broad SMARTS) is 1. The Hall–Kier alpha value is -2.70. The zero-order valence-electron chi connectivity index (χ0n) is 9.43. The van der Waals surface area contributed by atoms with Crippen molar-refractivity contribution in [3.63, 3.8) is 0 Å². The van der Waals surface area contributed by atoms with Crippen LogP contribution in [0.5, 0.6) is 11.6 Å². The van der Waals surface area contributed by atoms with E-state index in [0.717, 1.165) is 30.5 Å². The summed E-state index contributed by atoms with van der Waals surface area (Å²) in [5, 5.41) is 8.86. The van der Waals surface area contributed by atoms with Crippen LogP contribution in [0.3, 0.4) is 0 Å². The second-order valence-corrected chi connectivity index (χ2v) is 3.59. The Bertz CT molecular complexity index is 647. The van der Waals surface area contributed by atoms with Crippen molar-refractivity contribution in [2.75, 3.05) is 5.73 Å². The molecule has 0 aliphatic heterocycles. The van der Waals surface area contributed by atoms with Gasteiger partial charge in [0.25, 0.3) is 0 Å². The molecular weight excluding hydrogens is 258 g/mol. The lowest BCUT2D eigenvalue weighted by Crippen LogP contribution is -2.04. The number of hydrogen-bond acceptors (Lipinski definition) is 4. The molecule has 0 aliphatic carbocycles. The molecule has 19 heavy (non-hydrogen) atoms. The highest BCUT2D eigenvalue weighted by atomic mass is 19.1. The Morgan fingerprint density at radius 3 is 2.74 bits per heavy atom. The van der Waals surface area contributed by atoms with Crippen LogP contribution in [0.25, 0.3) is 0 Å². The third kappa shape index (κ3) is 2.76. The van der Waals surface area contributed by atoms with Crippen LogP contribution in [0.15, 0.2) is 30.5 Å². The first kappa shape index (κ1) is 12.7. The van der Waals surface area contributed by atoms with Crippen LogP contribution < -0.4 is 10.5 Å². The molecule has 0 unspecified atom stereocenters. The maximum absolute atomic E-state index is 13.3. The van der Waals surface area contributed by atoms with Crippen molar-refractivity contribution >= 4 is 11.7 Å². The first-order chi connectivity index (χ1) is 8.97. The average molecular weight is 266 g/mol. The molecule has 0 bridgehead atoms. The van der Waals surface area contributed by atoms with E-state index in [4.69, 9.17) is 15.6 Å². The first-order valence-electron chi connectivity index (χ1n) is 5.09. The van der Waals surface area contributed by atoms with Gasteiger partial charge in [-0.3, -0.25) is 0 Å². The van der Waals surface area contributed by atoms with Crippen molar-refractivity contribution in [2.24, 2.45) is 0 Å². The fourth-order valence-corrected chi connectivity index (χ4v) is 1.36. The van der Waals surface area contributed by atoms with Gasteiger partial charge < -0.3 is 15.6 Å². The van der Waals surface area contributed by atoms with E-state index in [2.05, 4.69) is 4.98 Å². The molecule has 0 amide bonds. The lowest BCUT2D eigenvalue weighted by Gasteiger charge is -2.07. The van der Waals surface area contributed by atoms with Crippen molar-refractivity contribution in [2.45, 2.75) is 0 Å². The smallest absolute Gasteiger partial charge is 0.338 e. The number of nitrogens with zero attached hydrogens (tertiary/aromatic N) is 1. The molecule has 2 aromatic rings. The van der Waals surface area contributed by atoms with Gasteiger partial charge >= 0.3 is 5.97 Å². The monoisotopic (exact) mass is 266 g/mol. The largest absolute Gasteiger partial charge is 0.478 e. The molecule has 3 N–H and O–H groups in total. The van der Waals surface area contributed by atoms with Crippen LogP contribution in [-0.2, 0) is 0 Å². The van der Waals surface area contributed by atoms with Crippen molar-refractivity contribution < 1.29 is 23.4 Å². The molecule has 1 aromatic heterocycles. The zero-order chi connectivity index (χ0) is 14.0. The summed E-state index contributed by atoms with van der Waals surface area (Å²) in [5.74, 6) is -3.35. The molecule has 98 valence electrons. The number of ether oxygens (including phenoxy) is 1. The van der Waals surface area contributed by atoms with E-state index >= 15 is 0 Å². The Kier molecular flexibility index (Phi) is 3.28. The summed E-state index contributed by atoms with van der Waals surface area (Å²) < 4.78 is 31.3. The Morgan fingerprint density at radius 2 is 2.05 bits per heavy atom. The minimum atomic E-state index is -1.27. The van der Waals surface area contributed by atoms with E-state index in [-0.39, 0.29) is 17.1 Å². The van der Waals surface area contributed by atoms with Crippen LogP contribution in [-0.4, -0.2) is 16.1 Å². The molecule has 0 saturated heterocycles. The van der Waals surface area contributed by atoms with Gasteiger partial charge in [0, 0.05) is 12.1 Å². The number of aromatic carboxylic acids is 1. The summed E-state index contributed by atoms with van der Waals surface area (Å²) in [6.07, 6.45) is 1.07. The number of halogens is 2. The Morgan fingerprint density at radius 1 is 1.32 bits per heavy atom. The van der Waals surface area contributed by atoms with E-state index in [0.29, 0.717) is 0 Å². The molecular formula is C12H8F2N2O3. The fourth-order valence-electron chi connectivity index (χ4n) is 1.36. The van der Waals surface area contributed by atoms with Gasteiger partial charge in [-0.05, 0) is 12.1 Å². The molecule has 0 fully saturated rings. The highest BCUT2D eigenvalue weighted by Crippen LogP contribution is 2.25. The summed E-state index contributed by atoms with van der Waals surface area (Å²) in [5.41, 5.74) is 5.11. The topological polar surface area (TPSA) is 85.4 Å². The lowest BCUT2D eigenvalue weighted by molar-refractivity contribution is 0.0697. The molecule has 7 heteroatoms. The quantitative estimate of drug-likeness (QED) is 0.891. The maximum Gasteiger partial charge on any atom is 0.338 e. The minimum absolute atomic E-state index is 0.0560. The lowest BCUT2D eigenvalue weighted by atomic mass is 10.2. The molecule has 5 nitrogen and oxygen atoms in total. The first-order valence-corrected chi connectivity index (χ1v) is 5.09. The van der Waals surface area contributed by atoms with Gasteiger partial charge in [-0.25, -0.2) is 18.6 Å². The predicted molar refractivity (Wildman–Crippen MR) is 62.0 cm³/mol. The number of nitrogen functional groups attached to an aromatic ring is 1. The van der Waals surface area contributed by atoms with Crippen LogP contribution in [0.1, 0.15) is 10.4 Å². The zero-order valence-corrected chi connectivity index (χ0v) is 9.43. The second-order valence-electron chi connectivity index (χ2n) is 3.59. The van der Waals surface area contributed by atoms with Crippen LogP contribution in [0, 0.1) is 11.6 Å². The SMILES string of the molecule is Nc1cnc(Oc2cc(F)ccc2F)cc1C(=O)O. The minimum Gasteiger partial charge on any atom is -0.478 e. The molecule has 2 rings (SSSR count). The third-order valence-corrected chi connectivity index (χ3v) is 2.25. The van der Waals surface area contributed by atoms with Crippen molar-refractivity contribution in [1.82, 2.24) is 4.98 Å². The van der Waals surface area contributed by atoms with Gasteiger partial charge in [0.1, 0.15) is 5.82 Å². The van der Waals surface area contributed by atoms with Gasteiger partial charge in [-0.15, -0.1) is 0 Å². The highest BCUT2D eigenvalue weighted by molar-refractivity contribution is 5.93. The Balaban J connectivity index is 2.36. The molecule has 1 aromatic carbocycles. The maximum atomic E-state index is 13.3. The molecule has 0 atom stereocenters. The second kappa shape index (κ2) is 4.89. The van der Waals surface area contributed by atoms with E-state index in [1.807, 2.05) is 0 Å². The number of nitrogens with two attached hydrogens (primary N) is 1. The number of aromatic nitrogens is 1. The van der Waals surface area contributed by atoms with Crippen molar-refractivity contribution in [1.29, 1.82) is 0 Å². The predicted octanol–water partition coefficient (Wildman–Crippen LogP) is 2.43. The van der Waals surface area contributed by atoms with Crippen LogP contribution >= 0.6 is 0 Å². The van der Waals surface area contributed by atoms with E-state index in [9.17, 15) is 13.6 Å². The fraction of sp³-hybridized carbons (Fsp3) is 0. The highest BCUT2D eigenvalue weighted by Gasteiger charge is 2.12. The number of carbonyl (C=O) groups is 1. The summed E-state index contributed by atoms with van der Waals surface area (Å²) in [7, 11) is 0. The summed E-state index contributed by atoms with van der Waals surface area (Å²) in [6, 6.07) is 3.68. The summed E-state index contributed by atoms with van der Waals surface area (Å²) in [4.78, 5) is 14.5. The normalized spacial score (nSPS) is 10.2. The number of anilines is 1. The van der Waals surface area contributed by atoms with Crippen LogP contribution in [0.4, 0.5) is 14.5 Å². The molecule has 1 heterocycles. The van der Waals surface area contributed by atoms with Gasteiger partial charge in [0.2, 0.25) is 5.88 Å². The number of benzene rings is 1. The average Bonchev–Trinajstić information content (AvgIpc) is 2.36. The molecule has 0 saturated carbocycles. The van der Waals surface area contributed by atoms with E-state index in [1.165, 1.54) is 0 Å². The van der Waals surface area contributed by atoms with Crippen molar-refractivity contribution in [3.8, 4) is 11.6 Å². The molecule has 0 aliphatic rings. The summed E-state index contributed by atoms with van der Waals surface area (Å²) >= 11 is 0. The standard InChI is InChI=1S/C12H8F2N2O3/c13-6-1-2-8(14)10(3-6)19-11-4-7(12(17)18)9(15)5-16-11/h1-5H,15H2,(H,17,18). The number of hydrogen-bond donors (Lipinski definition) is 2. The van der Waals surface area contributed by atoms with Crippen LogP contribution in [0.2, 0.25) is 0 Å². The summed E-state index contributed by atoms with van der Waals surface area (Å²) in [6.45, 7) is 0. The van der Waals surface area contributed by atoms with E-state index in [1.54, 1.807) is 0 Å². The van der Waals surface area contributed by atoms with E-state index < -0.39 is 23.4 Å². The molecule has 0 spiro atoms. The third-order valence-electron chi connectivity index (χ3n) is 2.25. The number of pyridine rings is 1. The molecule has 0 radical (unpaired) electrons. The van der Waals surface area contributed by atoms with Gasteiger partial charge in [0.05, 0.1) is 17.4 Å². The van der Waals surface area contributed by atoms with Gasteiger partial charge in [0.15, 0.2) is 11.6 Å². The van der Waals surface area contributed by atoms with Gasteiger partial charge in [-0.1, -0.05) is 0 Å².